The van der Waals surface area contributed by atoms with Gasteiger partial charge in [0.25, 0.3) is 0 Å². The molecule has 0 saturated carbocycles. The summed E-state index contributed by atoms with van der Waals surface area (Å²) >= 11 is 1.87. The first kappa shape index (κ1) is 9.78. The van der Waals surface area contributed by atoms with Crippen molar-refractivity contribution in [1.29, 1.82) is 0 Å². The summed E-state index contributed by atoms with van der Waals surface area (Å²) in [5, 5.41) is 4.21. The predicted octanol–water partition coefficient (Wildman–Crippen LogP) is 2.49. The first-order valence-corrected chi connectivity index (χ1v) is 6.25. The molecule has 3 N–H and O–H groups in total. The van der Waals surface area contributed by atoms with Crippen LogP contribution in [0.4, 0.5) is 11.4 Å². The molecule has 0 bridgehead atoms. The van der Waals surface area contributed by atoms with E-state index in [0.717, 1.165) is 16.9 Å². The van der Waals surface area contributed by atoms with Crippen molar-refractivity contribution < 1.29 is 0 Å². The highest BCUT2D eigenvalue weighted by atomic mass is 32.2. The number of para-hydroxylation sites is 2. The number of anilines is 1. The summed E-state index contributed by atoms with van der Waals surface area (Å²) in [6, 6.07) is 8.00. The minimum Gasteiger partial charge on any atom is -0.383 e. The van der Waals surface area contributed by atoms with Crippen LogP contribution in [0.1, 0.15) is 6.92 Å². The zero-order chi connectivity index (χ0) is 11.1. The van der Waals surface area contributed by atoms with Crippen LogP contribution in [0.15, 0.2) is 40.9 Å². The third-order valence-corrected chi connectivity index (χ3v) is 3.98. The molecule has 2 aliphatic heterocycles. The van der Waals surface area contributed by atoms with Gasteiger partial charge >= 0.3 is 0 Å². The molecule has 2 unspecified atom stereocenters. The Morgan fingerprint density at radius 2 is 2.19 bits per heavy atom. The molecule has 0 fully saturated rings. The fourth-order valence-corrected chi connectivity index (χ4v) is 3.22. The van der Waals surface area contributed by atoms with Crippen molar-refractivity contribution in [2.75, 3.05) is 5.32 Å². The van der Waals surface area contributed by atoms with E-state index in [1.807, 2.05) is 36.0 Å². The highest BCUT2D eigenvalue weighted by molar-refractivity contribution is 8.01. The molecule has 4 heteroatoms. The summed E-state index contributed by atoms with van der Waals surface area (Å²) < 4.78 is 0. The molecule has 2 atom stereocenters. The number of nitrogens with zero attached hydrogens (tertiary/aromatic N) is 1. The van der Waals surface area contributed by atoms with Crippen LogP contribution in [0.2, 0.25) is 0 Å². The van der Waals surface area contributed by atoms with Crippen LogP contribution in [-0.4, -0.2) is 16.5 Å². The minimum atomic E-state index is 0.238. The van der Waals surface area contributed by atoms with E-state index in [-0.39, 0.29) is 5.37 Å². The van der Waals surface area contributed by atoms with Crippen LogP contribution in [0, 0.1) is 0 Å². The quantitative estimate of drug-likeness (QED) is 0.721. The van der Waals surface area contributed by atoms with Crippen LogP contribution in [0.5, 0.6) is 0 Å². The van der Waals surface area contributed by atoms with Gasteiger partial charge in [0.2, 0.25) is 0 Å². The van der Waals surface area contributed by atoms with Crippen molar-refractivity contribution in [3.05, 3.63) is 35.9 Å². The molecule has 3 nitrogen and oxygen atoms in total. The summed E-state index contributed by atoms with van der Waals surface area (Å²) in [7, 11) is 0. The van der Waals surface area contributed by atoms with Crippen LogP contribution < -0.4 is 11.1 Å². The van der Waals surface area contributed by atoms with Crippen molar-refractivity contribution in [2.45, 2.75) is 17.5 Å². The molecule has 3 rings (SSSR count). The number of thioether (sulfide) groups is 1. The molecule has 2 heterocycles. The Hall–Kier alpha value is -1.42. The van der Waals surface area contributed by atoms with Gasteiger partial charge in [0.05, 0.1) is 11.4 Å². The van der Waals surface area contributed by atoms with Gasteiger partial charge in [0, 0.05) is 10.8 Å². The topological polar surface area (TPSA) is 50.4 Å². The van der Waals surface area contributed by atoms with Gasteiger partial charge in [-0.1, -0.05) is 18.2 Å². The lowest BCUT2D eigenvalue weighted by Crippen LogP contribution is -2.23. The smallest absolute Gasteiger partial charge is 0.130 e. The molecule has 0 spiro atoms. The molecule has 1 aromatic rings. The lowest BCUT2D eigenvalue weighted by atomic mass is 10.2. The number of amidine groups is 1. The molecular formula is C12H13N3S. The van der Waals surface area contributed by atoms with Crippen LogP contribution in [0.25, 0.3) is 0 Å². The van der Waals surface area contributed by atoms with Gasteiger partial charge in [-0.25, -0.2) is 4.99 Å². The Bertz CT molecular complexity index is 493. The molecule has 16 heavy (non-hydrogen) atoms. The van der Waals surface area contributed by atoms with Crippen LogP contribution in [0.3, 0.4) is 0 Å². The SMILES string of the molecule is CC1C=C2C(N)=Nc3ccccc3NC2S1. The number of aliphatic imine (C=N–C) groups is 1. The van der Waals surface area contributed by atoms with E-state index in [1.165, 1.54) is 0 Å². The van der Waals surface area contributed by atoms with Gasteiger partial charge < -0.3 is 11.1 Å². The third kappa shape index (κ3) is 1.50. The minimum absolute atomic E-state index is 0.238. The Morgan fingerprint density at radius 3 is 3.06 bits per heavy atom. The van der Waals surface area contributed by atoms with Crippen molar-refractivity contribution in [3.63, 3.8) is 0 Å². The lowest BCUT2D eigenvalue weighted by Gasteiger charge is -2.15. The summed E-state index contributed by atoms with van der Waals surface area (Å²) in [6.07, 6.45) is 2.19. The van der Waals surface area contributed by atoms with Gasteiger partial charge in [0.15, 0.2) is 0 Å². The number of fused-ring (bicyclic) bond motifs is 2. The molecule has 1 aromatic carbocycles. The summed E-state index contributed by atoms with van der Waals surface area (Å²) in [4.78, 5) is 4.47. The van der Waals surface area contributed by atoms with E-state index in [4.69, 9.17) is 5.73 Å². The predicted molar refractivity (Wildman–Crippen MR) is 70.3 cm³/mol. The fourth-order valence-electron chi connectivity index (χ4n) is 2.03. The Morgan fingerprint density at radius 1 is 1.38 bits per heavy atom. The Balaban J connectivity index is 2.10. The third-order valence-electron chi connectivity index (χ3n) is 2.77. The summed E-state index contributed by atoms with van der Waals surface area (Å²) in [5.74, 6) is 0.638. The number of hydrogen-bond donors (Lipinski definition) is 2. The van der Waals surface area contributed by atoms with Crippen molar-refractivity contribution in [3.8, 4) is 0 Å². The molecule has 0 aromatic heterocycles. The first-order chi connectivity index (χ1) is 7.74. The largest absolute Gasteiger partial charge is 0.383 e. The number of rotatable bonds is 0. The Labute approximate surface area is 98.8 Å². The van der Waals surface area contributed by atoms with Crippen molar-refractivity contribution in [1.82, 2.24) is 0 Å². The van der Waals surface area contributed by atoms with Crippen molar-refractivity contribution in [2.24, 2.45) is 10.7 Å². The Kier molecular flexibility index (Phi) is 2.17. The standard InChI is InChI=1S/C12H13N3S/c1-7-6-8-11(13)14-9-4-2-3-5-10(9)15-12(8)16-7/h2-7,12,15H,1H3,(H2,13,14). The second-order valence-corrected chi connectivity index (χ2v) is 5.49. The van der Waals surface area contributed by atoms with Crippen molar-refractivity contribution >= 4 is 29.0 Å². The van der Waals surface area contributed by atoms with E-state index in [2.05, 4.69) is 23.3 Å². The number of hydrogen-bond acceptors (Lipinski definition) is 4. The molecule has 0 amide bonds. The monoisotopic (exact) mass is 231 g/mol. The average Bonchev–Trinajstić information content (AvgIpc) is 2.57. The zero-order valence-corrected chi connectivity index (χ0v) is 9.79. The number of benzene rings is 1. The van der Waals surface area contributed by atoms with Crippen LogP contribution in [-0.2, 0) is 0 Å². The van der Waals surface area contributed by atoms with E-state index in [0.29, 0.717) is 11.1 Å². The molecule has 0 radical (unpaired) electrons. The number of nitrogens with two attached hydrogens (primary N) is 1. The summed E-state index contributed by atoms with van der Waals surface area (Å²) in [6.45, 7) is 2.17. The van der Waals surface area contributed by atoms with E-state index >= 15 is 0 Å². The van der Waals surface area contributed by atoms with Gasteiger partial charge in [-0.05, 0) is 19.1 Å². The zero-order valence-electron chi connectivity index (χ0n) is 8.97. The maximum Gasteiger partial charge on any atom is 0.130 e. The van der Waals surface area contributed by atoms with E-state index < -0.39 is 0 Å². The van der Waals surface area contributed by atoms with Gasteiger partial charge in [-0.2, -0.15) is 0 Å². The maximum atomic E-state index is 6.03. The maximum absolute atomic E-state index is 6.03. The molecule has 82 valence electrons. The van der Waals surface area contributed by atoms with Gasteiger partial charge in [0.1, 0.15) is 11.2 Å². The highest BCUT2D eigenvalue weighted by Gasteiger charge is 2.29. The second kappa shape index (κ2) is 3.56. The average molecular weight is 231 g/mol. The number of nitrogens with one attached hydrogen (secondary N) is 1. The van der Waals surface area contributed by atoms with Gasteiger partial charge in [-0.3, -0.25) is 0 Å². The lowest BCUT2D eigenvalue weighted by molar-refractivity contribution is 1.22. The van der Waals surface area contributed by atoms with E-state index in [1.54, 1.807) is 0 Å². The molecule has 2 aliphatic rings. The fraction of sp³-hybridized carbons (Fsp3) is 0.250. The first-order valence-electron chi connectivity index (χ1n) is 5.31. The normalized spacial score (nSPS) is 27.1. The van der Waals surface area contributed by atoms with E-state index in [9.17, 15) is 0 Å². The summed E-state index contributed by atoms with van der Waals surface area (Å²) in [5.41, 5.74) is 9.12. The van der Waals surface area contributed by atoms with Crippen LogP contribution >= 0.6 is 11.8 Å². The second-order valence-electron chi connectivity index (χ2n) is 4.00. The molecular weight excluding hydrogens is 218 g/mol. The van der Waals surface area contributed by atoms with Gasteiger partial charge in [-0.15, -0.1) is 11.8 Å². The molecule has 0 aliphatic carbocycles. The molecule has 0 saturated heterocycles. The highest BCUT2D eigenvalue weighted by Crippen LogP contribution is 2.38.